The molecule has 0 saturated heterocycles. The molecule has 0 bridgehead atoms. The number of anilines is 2. The van der Waals surface area contributed by atoms with E-state index in [-0.39, 0.29) is 0 Å². The molecule has 150 valence electrons. The van der Waals surface area contributed by atoms with E-state index in [0.29, 0.717) is 23.7 Å². The number of hydrogen-bond acceptors (Lipinski definition) is 4. The van der Waals surface area contributed by atoms with Crippen LogP contribution in [-0.4, -0.2) is 18.2 Å². The fraction of sp³-hybridized carbons (Fsp3) is 0.250. The number of para-hydroxylation sites is 1. The van der Waals surface area contributed by atoms with E-state index >= 15 is 0 Å². The summed E-state index contributed by atoms with van der Waals surface area (Å²) in [4.78, 5) is 3.45. The molecule has 4 rings (SSSR count). The molecule has 5 N–H and O–H groups in total. The van der Waals surface area contributed by atoms with E-state index in [1.54, 1.807) is 12.1 Å². The number of nitrogens with one attached hydrogen (secondary N) is 1. The number of aromatic nitrogens is 1. The average Bonchev–Trinajstić information content (AvgIpc) is 3.09. The predicted molar refractivity (Wildman–Crippen MR) is 121 cm³/mol. The van der Waals surface area contributed by atoms with Crippen LogP contribution in [0.25, 0.3) is 21.8 Å². The minimum Gasteiger partial charge on any atom is -0.494 e. The molecule has 3 aromatic carbocycles. The third-order valence-electron chi connectivity index (χ3n) is 5.08. The third-order valence-corrected chi connectivity index (χ3v) is 5.08. The lowest BCUT2D eigenvalue weighted by atomic mass is 10.1. The first-order chi connectivity index (χ1) is 14.2. The van der Waals surface area contributed by atoms with E-state index in [0.717, 1.165) is 49.1 Å². The van der Waals surface area contributed by atoms with Crippen molar-refractivity contribution in [3.8, 4) is 11.5 Å². The normalized spacial score (nSPS) is 11.2. The van der Waals surface area contributed by atoms with Gasteiger partial charge in [-0.3, -0.25) is 0 Å². The van der Waals surface area contributed by atoms with E-state index in [1.165, 1.54) is 10.8 Å². The molecule has 0 aliphatic carbocycles. The van der Waals surface area contributed by atoms with Crippen LogP contribution in [0.5, 0.6) is 11.5 Å². The molecular weight excluding hydrogens is 362 g/mol. The number of aromatic amines is 1. The lowest BCUT2D eigenvalue weighted by Crippen LogP contribution is -2.02. The van der Waals surface area contributed by atoms with Gasteiger partial charge in [-0.15, -0.1) is 0 Å². The average molecular weight is 389 g/mol. The van der Waals surface area contributed by atoms with Gasteiger partial charge in [0, 0.05) is 28.0 Å². The van der Waals surface area contributed by atoms with Gasteiger partial charge in [0.2, 0.25) is 0 Å². The van der Waals surface area contributed by atoms with Crippen LogP contribution < -0.4 is 20.9 Å². The SMILES string of the molecule is Nc1ccc(OCCCCCCOc2ccc3c(c2)[nH]c2ccccc23)c(N)c1. The van der Waals surface area contributed by atoms with Gasteiger partial charge in [-0.05, 0) is 62.1 Å². The van der Waals surface area contributed by atoms with Gasteiger partial charge >= 0.3 is 0 Å². The Morgan fingerprint density at radius 3 is 2.28 bits per heavy atom. The quantitative estimate of drug-likeness (QED) is 0.260. The molecule has 1 aromatic heterocycles. The number of hydrogen-bond donors (Lipinski definition) is 3. The van der Waals surface area contributed by atoms with Crippen LogP contribution in [0.3, 0.4) is 0 Å². The molecule has 0 atom stereocenters. The third kappa shape index (κ3) is 4.57. The summed E-state index contributed by atoms with van der Waals surface area (Å²) in [5.74, 6) is 1.61. The summed E-state index contributed by atoms with van der Waals surface area (Å²) < 4.78 is 11.7. The first-order valence-corrected chi connectivity index (χ1v) is 10.1. The molecule has 0 aliphatic heterocycles. The molecular formula is C24H27N3O2. The smallest absolute Gasteiger partial charge is 0.142 e. The van der Waals surface area contributed by atoms with E-state index in [9.17, 15) is 0 Å². The Bertz CT molecular complexity index is 1100. The molecule has 0 aliphatic rings. The Hall–Kier alpha value is -3.34. The molecule has 5 nitrogen and oxygen atoms in total. The van der Waals surface area contributed by atoms with Crippen molar-refractivity contribution in [2.75, 3.05) is 24.7 Å². The first kappa shape index (κ1) is 19.0. The molecule has 0 amide bonds. The number of H-pyrrole nitrogens is 1. The monoisotopic (exact) mass is 389 g/mol. The summed E-state index contributed by atoms with van der Waals surface area (Å²) in [5.41, 5.74) is 15.1. The van der Waals surface area contributed by atoms with Crippen LogP contribution >= 0.6 is 0 Å². The van der Waals surface area contributed by atoms with Crippen molar-refractivity contribution in [3.05, 3.63) is 60.7 Å². The molecule has 0 fully saturated rings. The van der Waals surface area contributed by atoms with Gasteiger partial charge in [0.15, 0.2) is 0 Å². The van der Waals surface area contributed by atoms with Gasteiger partial charge in [0.05, 0.1) is 24.4 Å². The van der Waals surface area contributed by atoms with E-state index in [1.807, 2.05) is 18.2 Å². The summed E-state index contributed by atoms with van der Waals surface area (Å²) >= 11 is 0. The highest BCUT2D eigenvalue weighted by atomic mass is 16.5. The zero-order chi connectivity index (χ0) is 20.1. The van der Waals surface area contributed by atoms with E-state index in [2.05, 4.69) is 35.3 Å². The van der Waals surface area contributed by atoms with Crippen molar-refractivity contribution in [3.63, 3.8) is 0 Å². The van der Waals surface area contributed by atoms with Gasteiger partial charge in [-0.2, -0.15) is 0 Å². The Labute approximate surface area is 170 Å². The number of rotatable bonds is 9. The maximum atomic E-state index is 5.93. The lowest BCUT2D eigenvalue weighted by Gasteiger charge is -2.09. The number of benzene rings is 3. The molecule has 29 heavy (non-hydrogen) atoms. The van der Waals surface area contributed by atoms with Gasteiger partial charge < -0.3 is 25.9 Å². The summed E-state index contributed by atoms with van der Waals surface area (Å²) in [5, 5.41) is 2.48. The van der Waals surface area contributed by atoms with Crippen LogP contribution in [0.4, 0.5) is 11.4 Å². The topological polar surface area (TPSA) is 86.3 Å². The van der Waals surface area contributed by atoms with Crippen LogP contribution in [-0.2, 0) is 0 Å². The Morgan fingerprint density at radius 1 is 0.690 bits per heavy atom. The van der Waals surface area contributed by atoms with E-state index in [4.69, 9.17) is 20.9 Å². The first-order valence-electron chi connectivity index (χ1n) is 10.1. The summed E-state index contributed by atoms with van der Waals surface area (Å²) in [6, 6.07) is 20.0. The Balaban J connectivity index is 1.16. The van der Waals surface area contributed by atoms with Crippen LogP contribution in [0.2, 0.25) is 0 Å². The maximum absolute atomic E-state index is 5.93. The Kier molecular flexibility index (Phi) is 5.75. The van der Waals surface area contributed by atoms with E-state index < -0.39 is 0 Å². The van der Waals surface area contributed by atoms with Crippen molar-refractivity contribution >= 4 is 33.2 Å². The highest BCUT2D eigenvalue weighted by Gasteiger charge is 2.05. The van der Waals surface area contributed by atoms with Crippen molar-refractivity contribution in [1.82, 2.24) is 4.98 Å². The Morgan fingerprint density at radius 2 is 1.45 bits per heavy atom. The number of fused-ring (bicyclic) bond motifs is 3. The largest absolute Gasteiger partial charge is 0.494 e. The molecule has 0 saturated carbocycles. The molecule has 0 radical (unpaired) electrons. The second-order valence-corrected chi connectivity index (χ2v) is 7.29. The summed E-state index contributed by atoms with van der Waals surface area (Å²) in [6.07, 6.45) is 4.22. The molecule has 4 aromatic rings. The molecule has 0 spiro atoms. The van der Waals surface area contributed by atoms with Crippen LogP contribution in [0, 0.1) is 0 Å². The minimum absolute atomic E-state index is 0.588. The van der Waals surface area contributed by atoms with Crippen molar-refractivity contribution in [2.45, 2.75) is 25.7 Å². The molecule has 5 heteroatoms. The summed E-state index contributed by atoms with van der Waals surface area (Å²) in [6.45, 7) is 1.38. The lowest BCUT2D eigenvalue weighted by molar-refractivity contribution is 0.288. The fourth-order valence-corrected chi connectivity index (χ4v) is 3.55. The van der Waals surface area contributed by atoms with Crippen LogP contribution in [0.15, 0.2) is 60.7 Å². The zero-order valence-corrected chi connectivity index (χ0v) is 16.5. The highest BCUT2D eigenvalue weighted by molar-refractivity contribution is 6.07. The van der Waals surface area contributed by atoms with Gasteiger partial charge in [0.1, 0.15) is 11.5 Å². The number of nitrogens with two attached hydrogens (primary N) is 2. The second kappa shape index (κ2) is 8.78. The van der Waals surface area contributed by atoms with Crippen molar-refractivity contribution < 1.29 is 9.47 Å². The second-order valence-electron chi connectivity index (χ2n) is 7.29. The minimum atomic E-state index is 0.588. The van der Waals surface area contributed by atoms with Crippen LogP contribution in [0.1, 0.15) is 25.7 Å². The molecule has 1 heterocycles. The van der Waals surface area contributed by atoms with Gasteiger partial charge in [0.25, 0.3) is 0 Å². The fourth-order valence-electron chi connectivity index (χ4n) is 3.55. The zero-order valence-electron chi connectivity index (χ0n) is 16.5. The van der Waals surface area contributed by atoms with Gasteiger partial charge in [-0.25, -0.2) is 0 Å². The molecule has 0 unspecified atom stereocenters. The standard InChI is InChI=1S/C24H27N3O2/c25-17-9-12-24(21(26)15-17)29-14-6-2-1-5-13-28-18-10-11-20-19-7-3-4-8-22(19)27-23(20)16-18/h3-4,7-12,15-16,27H,1-2,5-6,13-14,25-26H2. The number of ether oxygens (including phenoxy) is 2. The van der Waals surface area contributed by atoms with Gasteiger partial charge in [-0.1, -0.05) is 18.2 Å². The highest BCUT2D eigenvalue weighted by Crippen LogP contribution is 2.28. The number of unbranched alkanes of at least 4 members (excludes halogenated alkanes) is 3. The predicted octanol–water partition coefficient (Wildman–Crippen LogP) is 5.50. The van der Waals surface area contributed by atoms with Crippen molar-refractivity contribution in [1.29, 1.82) is 0 Å². The number of nitrogen functional groups attached to an aromatic ring is 2. The summed E-state index contributed by atoms with van der Waals surface area (Å²) in [7, 11) is 0. The maximum Gasteiger partial charge on any atom is 0.142 e. The van der Waals surface area contributed by atoms with Crippen molar-refractivity contribution in [2.24, 2.45) is 0 Å².